The summed E-state index contributed by atoms with van der Waals surface area (Å²) in [5, 5.41) is 0. The number of hydrogen-bond acceptors (Lipinski definition) is 2. The molecule has 94 valence electrons. The second kappa shape index (κ2) is 5.70. The molecule has 0 saturated heterocycles. The summed E-state index contributed by atoms with van der Waals surface area (Å²) in [4.78, 5) is 11.7. The molecule has 0 fully saturated rings. The van der Waals surface area contributed by atoms with Gasteiger partial charge in [-0.15, -0.1) is 0 Å². The topological polar surface area (TPSA) is 26.3 Å². The number of aryl methyl sites for hydroxylation is 1. The van der Waals surface area contributed by atoms with Gasteiger partial charge in [0.05, 0.1) is 5.56 Å². The summed E-state index contributed by atoms with van der Waals surface area (Å²) in [7, 11) is 5.54. The molecule has 0 saturated carbocycles. The van der Waals surface area contributed by atoms with E-state index in [1.54, 1.807) is 43.3 Å². The van der Waals surface area contributed by atoms with Crippen LogP contribution in [0, 0.1) is 12.7 Å². The standard InChI is InChI=1S/C15H12BFO2/c1-10-8-11(2-7-14(10)17)9-19-15(18)12-3-5-13(16)6-4-12/h2-8H,9H2,1H3. The number of carbonyl (C=O) groups is 1. The van der Waals surface area contributed by atoms with E-state index >= 15 is 0 Å². The lowest BCUT2D eigenvalue weighted by Gasteiger charge is -2.06. The fourth-order valence-corrected chi connectivity index (χ4v) is 1.65. The van der Waals surface area contributed by atoms with Gasteiger partial charge in [-0.05, 0) is 42.3 Å². The molecule has 0 heterocycles. The van der Waals surface area contributed by atoms with Crippen LogP contribution in [0.5, 0.6) is 0 Å². The Bertz CT molecular complexity index is 594. The normalized spacial score (nSPS) is 10.2. The fraction of sp³-hybridized carbons (Fsp3) is 0.133. The van der Waals surface area contributed by atoms with Crippen LogP contribution in [0.2, 0.25) is 0 Å². The van der Waals surface area contributed by atoms with Gasteiger partial charge in [-0.25, -0.2) is 9.18 Å². The number of esters is 1. The molecular weight excluding hydrogens is 242 g/mol. The molecule has 2 rings (SSSR count). The molecule has 4 heteroatoms. The molecule has 0 aromatic heterocycles. The van der Waals surface area contributed by atoms with Crippen LogP contribution in [0.15, 0.2) is 42.5 Å². The van der Waals surface area contributed by atoms with E-state index in [0.717, 1.165) is 5.56 Å². The van der Waals surface area contributed by atoms with Gasteiger partial charge in [0.2, 0.25) is 0 Å². The summed E-state index contributed by atoms with van der Waals surface area (Å²) >= 11 is 0. The molecule has 2 aromatic carbocycles. The minimum Gasteiger partial charge on any atom is -0.457 e. The van der Waals surface area contributed by atoms with Crippen molar-refractivity contribution in [3.8, 4) is 0 Å². The predicted octanol–water partition coefficient (Wildman–Crippen LogP) is 2.28. The third kappa shape index (κ3) is 3.44. The van der Waals surface area contributed by atoms with Crippen LogP contribution in [0.1, 0.15) is 21.5 Å². The van der Waals surface area contributed by atoms with Gasteiger partial charge in [0.1, 0.15) is 20.3 Å². The maximum atomic E-state index is 13.1. The lowest BCUT2D eigenvalue weighted by molar-refractivity contribution is 0.0472. The zero-order chi connectivity index (χ0) is 13.8. The van der Waals surface area contributed by atoms with Crippen molar-refractivity contribution in [3.05, 3.63) is 65.0 Å². The maximum absolute atomic E-state index is 13.1. The summed E-state index contributed by atoms with van der Waals surface area (Å²) in [5.74, 6) is -0.699. The van der Waals surface area contributed by atoms with Gasteiger partial charge in [-0.2, -0.15) is 0 Å². The van der Waals surface area contributed by atoms with Gasteiger partial charge >= 0.3 is 5.97 Å². The molecule has 2 aromatic rings. The number of halogens is 1. The van der Waals surface area contributed by atoms with E-state index in [9.17, 15) is 9.18 Å². The Morgan fingerprint density at radius 3 is 2.53 bits per heavy atom. The SMILES string of the molecule is [B]c1ccc(C(=O)OCc2ccc(F)c(C)c2)cc1. The zero-order valence-corrected chi connectivity index (χ0v) is 10.5. The van der Waals surface area contributed by atoms with E-state index in [1.807, 2.05) is 0 Å². The molecule has 0 spiro atoms. The summed E-state index contributed by atoms with van der Waals surface area (Å²) < 4.78 is 18.2. The number of ether oxygens (including phenoxy) is 1. The minimum absolute atomic E-state index is 0.115. The average molecular weight is 254 g/mol. The Morgan fingerprint density at radius 1 is 1.21 bits per heavy atom. The summed E-state index contributed by atoms with van der Waals surface area (Å²) in [6, 6.07) is 11.1. The van der Waals surface area contributed by atoms with Gasteiger partial charge in [0, 0.05) is 0 Å². The van der Waals surface area contributed by atoms with Crippen LogP contribution < -0.4 is 5.46 Å². The fourth-order valence-electron chi connectivity index (χ4n) is 1.65. The maximum Gasteiger partial charge on any atom is 0.338 e. The third-order valence-corrected chi connectivity index (χ3v) is 2.74. The molecular formula is C15H12BFO2. The van der Waals surface area contributed by atoms with Crippen LogP contribution in [-0.4, -0.2) is 13.8 Å². The van der Waals surface area contributed by atoms with Crippen molar-refractivity contribution in [2.75, 3.05) is 0 Å². The van der Waals surface area contributed by atoms with Crippen molar-refractivity contribution in [2.45, 2.75) is 13.5 Å². The summed E-state index contributed by atoms with van der Waals surface area (Å²) in [6.07, 6.45) is 0. The Balaban J connectivity index is 2.00. The molecule has 19 heavy (non-hydrogen) atoms. The molecule has 0 unspecified atom stereocenters. The van der Waals surface area contributed by atoms with Crippen molar-refractivity contribution < 1.29 is 13.9 Å². The molecule has 2 radical (unpaired) electrons. The first-order valence-corrected chi connectivity index (χ1v) is 5.84. The van der Waals surface area contributed by atoms with E-state index in [2.05, 4.69) is 0 Å². The van der Waals surface area contributed by atoms with E-state index in [0.29, 0.717) is 16.6 Å². The Morgan fingerprint density at radius 2 is 1.89 bits per heavy atom. The lowest BCUT2D eigenvalue weighted by atomic mass is 9.95. The van der Waals surface area contributed by atoms with Crippen molar-refractivity contribution in [1.82, 2.24) is 0 Å². The Kier molecular flexibility index (Phi) is 4.00. The third-order valence-electron chi connectivity index (χ3n) is 2.74. The molecule has 2 nitrogen and oxygen atoms in total. The Hall–Kier alpha value is -2.10. The average Bonchev–Trinajstić information content (AvgIpc) is 2.40. The molecule has 0 amide bonds. The highest BCUT2D eigenvalue weighted by molar-refractivity contribution is 6.32. The van der Waals surface area contributed by atoms with Crippen LogP contribution in [0.4, 0.5) is 4.39 Å². The Labute approximate surface area is 112 Å². The highest BCUT2D eigenvalue weighted by Crippen LogP contribution is 2.11. The van der Waals surface area contributed by atoms with Crippen molar-refractivity contribution in [1.29, 1.82) is 0 Å². The smallest absolute Gasteiger partial charge is 0.338 e. The molecule has 0 atom stereocenters. The highest BCUT2D eigenvalue weighted by Gasteiger charge is 2.07. The van der Waals surface area contributed by atoms with E-state index < -0.39 is 5.97 Å². The van der Waals surface area contributed by atoms with E-state index in [-0.39, 0.29) is 12.4 Å². The van der Waals surface area contributed by atoms with Crippen LogP contribution in [0.25, 0.3) is 0 Å². The van der Waals surface area contributed by atoms with Gasteiger partial charge < -0.3 is 4.74 Å². The summed E-state index contributed by atoms with van der Waals surface area (Å²) in [5.41, 5.74) is 2.31. The quantitative estimate of drug-likeness (QED) is 0.620. The lowest BCUT2D eigenvalue weighted by Crippen LogP contribution is -2.08. The summed E-state index contributed by atoms with van der Waals surface area (Å²) in [6.45, 7) is 1.78. The highest BCUT2D eigenvalue weighted by atomic mass is 19.1. The molecule has 0 aliphatic heterocycles. The van der Waals surface area contributed by atoms with Crippen molar-refractivity contribution >= 4 is 19.3 Å². The first kappa shape index (κ1) is 13.3. The second-order valence-corrected chi connectivity index (χ2v) is 4.28. The largest absolute Gasteiger partial charge is 0.457 e. The number of benzene rings is 2. The van der Waals surface area contributed by atoms with Gasteiger partial charge in [-0.1, -0.05) is 23.7 Å². The van der Waals surface area contributed by atoms with Gasteiger partial charge in [0.15, 0.2) is 0 Å². The molecule has 0 aliphatic carbocycles. The van der Waals surface area contributed by atoms with Gasteiger partial charge in [-0.3, -0.25) is 0 Å². The van der Waals surface area contributed by atoms with E-state index in [4.69, 9.17) is 12.6 Å². The van der Waals surface area contributed by atoms with Gasteiger partial charge in [0.25, 0.3) is 0 Å². The number of carbonyl (C=O) groups excluding carboxylic acids is 1. The van der Waals surface area contributed by atoms with Crippen LogP contribution >= 0.6 is 0 Å². The first-order chi connectivity index (χ1) is 9.06. The van der Waals surface area contributed by atoms with Crippen LogP contribution in [-0.2, 0) is 11.3 Å². The first-order valence-electron chi connectivity index (χ1n) is 5.84. The number of rotatable bonds is 3. The van der Waals surface area contributed by atoms with Crippen molar-refractivity contribution in [2.24, 2.45) is 0 Å². The minimum atomic E-state index is -0.429. The van der Waals surface area contributed by atoms with Crippen molar-refractivity contribution in [3.63, 3.8) is 0 Å². The number of hydrogen-bond donors (Lipinski definition) is 0. The predicted molar refractivity (Wildman–Crippen MR) is 72.1 cm³/mol. The van der Waals surface area contributed by atoms with E-state index in [1.165, 1.54) is 6.07 Å². The monoisotopic (exact) mass is 254 g/mol. The molecule has 0 N–H and O–H groups in total. The zero-order valence-electron chi connectivity index (χ0n) is 10.5. The molecule has 0 aliphatic rings. The molecule has 0 bridgehead atoms. The van der Waals surface area contributed by atoms with Crippen LogP contribution in [0.3, 0.4) is 0 Å². The second-order valence-electron chi connectivity index (χ2n) is 4.28.